The predicted octanol–water partition coefficient (Wildman–Crippen LogP) is 1.29. The van der Waals surface area contributed by atoms with E-state index in [1.165, 1.54) is 5.56 Å². The fraction of sp³-hybridized carbons (Fsp3) is 0.462. The molecule has 1 unspecified atom stereocenters. The van der Waals surface area contributed by atoms with Gasteiger partial charge in [0.05, 0.1) is 17.4 Å². The van der Waals surface area contributed by atoms with Crippen LogP contribution in [0.4, 0.5) is 0 Å². The summed E-state index contributed by atoms with van der Waals surface area (Å²) in [5.41, 5.74) is 9.03. The van der Waals surface area contributed by atoms with Crippen LogP contribution >= 0.6 is 0 Å². The summed E-state index contributed by atoms with van der Waals surface area (Å²) < 4.78 is 0. The Morgan fingerprint density at radius 3 is 3.18 bits per heavy atom. The van der Waals surface area contributed by atoms with E-state index >= 15 is 0 Å². The first-order chi connectivity index (χ1) is 8.29. The second-order valence-corrected chi connectivity index (χ2v) is 4.55. The first kappa shape index (κ1) is 12.1. The Kier molecular flexibility index (Phi) is 4.12. The van der Waals surface area contributed by atoms with Crippen molar-refractivity contribution in [3.05, 3.63) is 30.1 Å². The summed E-state index contributed by atoms with van der Waals surface area (Å²) in [4.78, 5) is 7.34. The number of nitrogens with zero attached hydrogens (tertiary/aromatic N) is 1. The molecule has 2 rings (SSSR count). The molecule has 4 heteroatoms. The van der Waals surface area contributed by atoms with Crippen LogP contribution in [-0.4, -0.2) is 29.6 Å². The van der Waals surface area contributed by atoms with E-state index in [-0.39, 0.29) is 0 Å². The lowest BCUT2D eigenvalue weighted by Gasteiger charge is -2.09. The SMILES string of the molecule is CC(CN)CNCCc1ccc2nc[nH]c2c1. The van der Waals surface area contributed by atoms with Crippen molar-refractivity contribution in [1.82, 2.24) is 15.3 Å². The Balaban J connectivity index is 1.82. The smallest absolute Gasteiger partial charge is 0.0931 e. The zero-order chi connectivity index (χ0) is 12.1. The molecule has 2 aromatic rings. The van der Waals surface area contributed by atoms with Crippen molar-refractivity contribution in [2.24, 2.45) is 11.7 Å². The lowest BCUT2D eigenvalue weighted by atomic mass is 10.1. The van der Waals surface area contributed by atoms with Crippen LogP contribution in [0.15, 0.2) is 24.5 Å². The highest BCUT2D eigenvalue weighted by atomic mass is 14.9. The Hall–Kier alpha value is -1.39. The molecule has 92 valence electrons. The van der Waals surface area contributed by atoms with Crippen LogP contribution in [0.3, 0.4) is 0 Å². The van der Waals surface area contributed by atoms with Gasteiger partial charge in [0.15, 0.2) is 0 Å². The molecule has 1 aromatic heterocycles. The van der Waals surface area contributed by atoms with Crippen LogP contribution in [-0.2, 0) is 6.42 Å². The molecule has 0 aliphatic carbocycles. The van der Waals surface area contributed by atoms with Gasteiger partial charge >= 0.3 is 0 Å². The largest absolute Gasteiger partial charge is 0.345 e. The van der Waals surface area contributed by atoms with E-state index in [9.17, 15) is 0 Å². The molecular formula is C13H20N4. The molecule has 4 nitrogen and oxygen atoms in total. The minimum Gasteiger partial charge on any atom is -0.345 e. The number of aromatic amines is 1. The zero-order valence-corrected chi connectivity index (χ0v) is 10.2. The van der Waals surface area contributed by atoms with Crippen LogP contribution in [0.2, 0.25) is 0 Å². The highest BCUT2D eigenvalue weighted by molar-refractivity contribution is 5.74. The van der Waals surface area contributed by atoms with Crippen LogP contribution in [0.1, 0.15) is 12.5 Å². The van der Waals surface area contributed by atoms with Crippen LogP contribution in [0.5, 0.6) is 0 Å². The summed E-state index contributed by atoms with van der Waals surface area (Å²) in [6, 6.07) is 6.36. The monoisotopic (exact) mass is 232 g/mol. The summed E-state index contributed by atoms with van der Waals surface area (Å²) >= 11 is 0. The van der Waals surface area contributed by atoms with Gasteiger partial charge in [-0.25, -0.2) is 4.98 Å². The minimum atomic E-state index is 0.546. The third-order valence-corrected chi connectivity index (χ3v) is 2.97. The zero-order valence-electron chi connectivity index (χ0n) is 10.2. The van der Waals surface area contributed by atoms with Crippen molar-refractivity contribution in [3.63, 3.8) is 0 Å². The Morgan fingerprint density at radius 1 is 1.47 bits per heavy atom. The number of aromatic nitrogens is 2. The maximum atomic E-state index is 5.56. The number of nitrogens with one attached hydrogen (secondary N) is 2. The molecule has 1 heterocycles. The molecular weight excluding hydrogens is 212 g/mol. The predicted molar refractivity (Wildman–Crippen MR) is 70.9 cm³/mol. The normalized spacial score (nSPS) is 13.1. The molecule has 0 spiro atoms. The second kappa shape index (κ2) is 5.80. The van der Waals surface area contributed by atoms with Crippen LogP contribution in [0, 0.1) is 5.92 Å². The molecule has 4 N–H and O–H groups in total. The number of hydrogen-bond acceptors (Lipinski definition) is 3. The molecule has 1 aromatic carbocycles. The summed E-state index contributed by atoms with van der Waals surface area (Å²) in [7, 11) is 0. The van der Waals surface area contributed by atoms with E-state index in [1.54, 1.807) is 6.33 Å². The summed E-state index contributed by atoms with van der Waals surface area (Å²) in [5.74, 6) is 0.546. The number of fused-ring (bicyclic) bond motifs is 1. The Labute approximate surface area is 102 Å². The molecule has 1 atom stereocenters. The van der Waals surface area contributed by atoms with E-state index in [0.29, 0.717) is 5.92 Å². The van der Waals surface area contributed by atoms with E-state index in [0.717, 1.165) is 37.1 Å². The van der Waals surface area contributed by atoms with E-state index in [1.807, 2.05) is 0 Å². The summed E-state index contributed by atoms with van der Waals surface area (Å²) in [6.45, 7) is 4.88. The van der Waals surface area contributed by atoms with Crippen molar-refractivity contribution < 1.29 is 0 Å². The van der Waals surface area contributed by atoms with Gasteiger partial charge in [-0.15, -0.1) is 0 Å². The minimum absolute atomic E-state index is 0.546. The van der Waals surface area contributed by atoms with Gasteiger partial charge in [0.25, 0.3) is 0 Å². The van der Waals surface area contributed by atoms with Gasteiger partial charge in [0.1, 0.15) is 0 Å². The van der Waals surface area contributed by atoms with Crippen molar-refractivity contribution in [1.29, 1.82) is 0 Å². The number of nitrogens with two attached hydrogens (primary N) is 1. The standard InChI is InChI=1S/C13H20N4/c1-10(7-14)8-15-5-4-11-2-3-12-13(6-11)17-9-16-12/h2-3,6,9-10,15H,4-5,7-8,14H2,1H3,(H,16,17). The average Bonchev–Trinajstić information content (AvgIpc) is 2.81. The van der Waals surface area contributed by atoms with Crippen molar-refractivity contribution >= 4 is 11.0 Å². The molecule has 0 saturated heterocycles. The molecule has 17 heavy (non-hydrogen) atoms. The van der Waals surface area contributed by atoms with Gasteiger partial charge in [-0.05, 0) is 49.7 Å². The second-order valence-electron chi connectivity index (χ2n) is 4.55. The maximum Gasteiger partial charge on any atom is 0.0931 e. The molecule has 0 saturated carbocycles. The number of rotatable bonds is 6. The topological polar surface area (TPSA) is 66.7 Å². The Morgan fingerprint density at radius 2 is 2.35 bits per heavy atom. The van der Waals surface area contributed by atoms with Crippen molar-refractivity contribution in [3.8, 4) is 0 Å². The summed E-state index contributed by atoms with van der Waals surface area (Å²) in [6.07, 6.45) is 2.77. The van der Waals surface area contributed by atoms with Gasteiger partial charge < -0.3 is 16.0 Å². The number of benzene rings is 1. The van der Waals surface area contributed by atoms with Crippen molar-refractivity contribution in [2.75, 3.05) is 19.6 Å². The third kappa shape index (κ3) is 3.28. The van der Waals surface area contributed by atoms with Gasteiger partial charge in [-0.1, -0.05) is 13.0 Å². The maximum absolute atomic E-state index is 5.56. The number of imidazole rings is 1. The third-order valence-electron chi connectivity index (χ3n) is 2.97. The van der Waals surface area contributed by atoms with Gasteiger partial charge in [-0.3, -0.25) is 0 Å². The summed E-state index contributed by atoms with van der Waals surface area (Å²) in [5, 5.41) is 3.42. The van der Waals surface area contributed by atoms with E-state index < -0.39 is 0 Å². The average molecular weight is 232 g/mol. The lowest BCUT2D eigenvalue weighted by molar-refractivity contribution is 0.524. The van der Waals surface area contributed by atoms with Crippen LogP contribution < -0.4 is 11.1 Å². The highest BCUT2D eigenvalue weighted by Crippen LogP contribution is 2.11. The van der Waals surface area contributed by atoms with Gasteiger partial charge in [0, 0.05) is 0 Å². The van der Waals surface area contributed by atoms with Crippen LogP contribution in [0.25, 0.3) is 11.0 Å². The quantitative estimate of drug-likeness (QED) is 0.657. The molecule has 0 fully saturated rings. The fourth-order valence-corrected chi connectivity index (χ4v) is 1.80. The van der Waals surface area contributed by atoms with E-state index in [4.69, 9.17) is 5.73 Å². The fourth-order valence-electron chi connectivity index (χ4n) is 1.80. The molecule has 0 aliphatic heterocycles. The first-order valence-electron chi connectivity index (χ1n) is 6.12. The van der Waals surface area contributed by atoms with E-state index in [2.05, 4.69) is 40.4 Å². The molecule has 0 amide bonds. The molecule has 0 bridgehead atoms. The molecule has 0 aliphatic rings. The number of H-pyrrole nitrogens is 1. The molecule has 0 radical (unpaired) electrons. The number of hydrogen-bond donors (Lipinski definition) is 3. The highest BCUT2D eigenvalue weighted by Gasteiger charge is 2.00. The lowest BCUT2D eigenvalue weighted by Crippen LogP contribution is -2.27. The van der Waals surface area contributed by atoms with Crippen molar-refractivity contribution in [2.45, 2.75) is 13.3 Å². The first-order valence-corrected chi connectivity index (χ1v) is 6.12. The van der Waals surface area contributed by atoms with Gasteiger partial charge in [0.2, 0.25) is 0 Å². The van der Waals surface area contributed by atoms with Gasteiger partial charge in [-0.2, -0.15) is 0 Å². The Bertz CT molecular complexity index is 463.